The maximum atomic E-state index is 12.5. The predicted octanol–water partition coefficient (Wildman–Crippen LogP) is 3.43. The molecule has 1 heterocycles. The Hall–Kier alpha value is -2.90. The van der Waals surface area contributed by atoms with E-state index in [-0.39, 0.29) is 21.4 Å². The Bertz CT molecular complexity index is 1040. The van der Waals surface area contributed by atoms with E-state index in [1.54, 1.807) is 12.1 Å². The minimum atomic E-state index is -4.15. The molecule has 138 valence electrons. The van der Waals surface area contributed by atoms with E-state index < -0.39 is 16.0 Å². The van der Waals surface area contributed by atoms with Gasteiger partial charge in [-0.25, -0.2) is 4.98 Å². The minimum absolute atomic E-state index is 0.0713. The highest BCUT2D eigenvalue weighted by Crippen LogP contribution is 2.23. The number of para-hydroxylation sites is 1. The van der Waals surface area contributed by atoms with Crippen LogP contribution in [-0.4, -0.2) is 19.3 Å². The maximum absolute atomic E-state index is 12.5. The average molecular weight is 403 g/mol. The molecule has 2 aromatic carbocycles. The number of carbonyl (C=O) groups is 1. The van der Waals surface area contributed by atoms with E-state index in [0.29, 0.717) is 6.54 Å². The van der Waals surface area contributed by atoms with Crippen molar-refractivity contribution < 1.29 is 17.4 Å². The lowest BCUT2D eigenvalue weighted by atomic mass is 10.1. The summed E-state index contributed by atoms with van der Waals surface area (Å²) in [7, 11) is -4.15. The standard InChI is InChI=1S/C19H15ClN2O4S/c20-18-11-10-15(13-21-18)27(24,25)26-17-9-5-4-8-16(17)19(23)22-12-14-6-2-1-3-7-14/h1-11,13H,12H2,(H,22,23). The van der Waals surface area contributed by atoms with E-state index in [9.17, 15) is 13.2 Å². The molecule has 0 bridgehead atoms. The fourth-order valence-electron chi connectivity index (χ4n) is 2.28. The van der Waals surface area contributed by atoms with Crippen LogP contribution in [0, 0.1) is 0 Å². The average Bonchev–Trinajstić information content (AvgIpc) is 2.67. The van der Waals surface area contributed by atoms with Crippen LogP contribution in [0.25, 0.3) is 0 Å². The molecule has 1 aromatic heterocycles. The first-order valence-electron chi connectivity index (χ1n) is 7.93. The molecular formula is C19H15ClN2O4S. The topological polar surface area (TPSA) is 85.4 Å². The molecule has 0 unspecified atom stereocenters. The third-order valence-corrected chi connectivity index (χ3v) is 5.06. The van der Waals surface area contributed by atoms with E-state index >= 15 is 0 Å². The monoisotopic (exact) mass is 402 g/mol. The summed E-state index contributed by atoms with van der Waals surface area (Å²) in [5, 5.41) is 2.91. The highest BCUT2D eigenvalue weighted by Gasteiger charge is 2.21. The van der Waals surface area contributed by atoms with Gasteiger partial charge in [-0.15, -0.1) is 0 Å². The van der Waals surface area contributed by atoms with Gasteiger partial charge in [0.2, 0.25) is 0 Å². The van der Waals surface area contributed by atoms with Gasteiger partial charge in [0.15, 0.2) is 5.75 Å². The number of amides is 1. The molecule has 0 spiro atoms. The summed E-state index contributed by atoms with van der Waals surface area (Å²) in [4.78, 5) is 16.1. The number of nitrogens with zero attached hydrogens (tertiary/aromatic N) is 1. The summed E-state index contributed by atoms with van der Waals surface area (Å²) in [5.74, 6) is -0.517. The molecule has 0 aliphatic carbocycles. The molecule has 0 aliphatic heterocycles. The highest BCUT2D eigenvalue weighted by molar-refractivity contribution is 7.87. The van der Waals surface area contributed by atoms with Gasteiger partial charge in [-0.1, -0.05) is 54.1 Å². The molecule has 0 saturated carbocycles. The van der Waals surface area contributed by atoms with Gasteiger partial charge in [0.1, 0.15) is 10.0 Å². The summed E-state index contributed by atoms with van der Waals surface area (Å²) in [6.07, 6.45) is 1.09. The first kappa shape index (κ1) is 18.9. The number of hydrogen-bond acceptors (Lipinski definition) is 5. The summed E-state index contributed by atoms with van der Waals surface area (Å²) in [6, 6.07) is 18.1. The number of halogens is 1. The Kier molecular flexibility index (Phi) is 5.73. The molecule has 27 heavy (non-hydrogen) atoms. The second kappa shape index (κ2) is 8.20. The van der Waals surface area contributed by atoms with Gasteiger partial charge in [-0.2, -0.15) is 8.42 Å². The lowest BCUT2D eigenvalue weighted by Gasteiger charge is -2.11. The number of nitrogens with one attached hydrogen (secondary N) is 1. The summed E-state index contributed by atoms with van der Waals surface area (Å²) in [6.45, 7) is 0.307. The molecule has 3 aromatic rings. The quantitative estimate of drug-likeness (QED) is 0.504. The summed E-state index contributed by atoms with van der Waals surface area (Å²) >= 11 is 5.67. The van der Waals surface area contributed by atoms with Crippen LogP contribution in [0.2, 0.25) is 5.15 Å². The fraction of sp³-hybridized carbons (Fsp3) is 0.0526. The van der Waals surface area contributed by atoms with Crippen LogP contribution in [-0.2, 0) is 16.7 Å². The van der Waals surface area contributed by atoms with E-state index in [1.807, 2.05) is 30.3 Å². The SMILES string of the molecule is O=C(NCc1ccccc1)c1ccccc1OS(=O)(=O)c1ccc(Cl)nc1. The fourth-order valence-corrected chi connectivity index (χ4v) is 3.28. The Labute approximate surface area is 161 Å². The lowest BCUT2D eigenvalue weighted by molar-refractivity contribution is 0.0949. The number of carbonyl (C=O) groups excluding carboxylic acids is 1. The van der Waals surface area contributed by atoms with Crippen molar-refractivity contribution >= 4 is 27.6 Å². The van der Waals surface area contributed by atoms with Crippen molar-refractivity contribution in [1.29, 1.82) is 0 Å². The van der Waals surface area contributed by atoms with Crippen LogP contribution in [0.15, 0.2) is 77.8 Å². The first-order chi connectivity index (χ1) is 13.0. The third-order valence-electron chi connectivity index (χ3n) is 3.62. The molecule has 0 saturated heterocycles. The van der Waals surface area contributed by atoms with Crippen LogP contribution in [0.3, 0.4) is 0 Å². The molecule has 1 amide bonds. The van der Waals surface area contributed by atoms with Gasteiger partial charge in [0, 0.05) is 6.54 Å². The van der Waals surface area contributed by atoms with Crippen LogP contribution in [0.5, 0.6) is 5.75 Å². The second-order valence-corrected chi connectivity index (χ2v) is 7.45. The highest BCUT2D eigenvalue weighted by atomic mass is 35.5. The van der Waals surface area contributed by atoms with Crippen LogP contribution >= 0.6 is 11.6 Å². The minimum Gasteiger partial charge on any atom is -0.378 e. The van der Waals surface area contributed by atoms with Crippen molar-refractivity contribution in [3.05, 3.63) is 89.2 Å². The summed E-state index contributed by atoms with van der Waals surface area (Å²) < 4.78 is 30.0. The van der Waals surface area contributed by atoms with Crippen LogP contribution in [0.4, 0.5) is 0 Å². The van der Waals surface area contributed by atoms with Crippen molar-refractivity contribution in [3.8, 4) is 5.75 Å². The molecule has 0 fully saturated rings. The molecule has 3 rings (SSSR count). The molecule has 0 aliphatic rings. The van der Waals surface area contributed by atoms with Gasteiger partial charge in [0.25, 0.3) is 5.91 Å². The van der Waals surface area contributed by atoms with E-state index in [0.717, 1.165) is 11.8 Å². The Balaban J connectivity index is 1.79. The maximum Gasteiger partial charge on any atom is 0.340 e. The normalized spacial score (nSPS) is 11.0. The molecule has 1 N–H and O–H groups in total. The zero-order valence-corrected chi connectivity index (χ0v) is 15.6. The number of hydrogen-bond donors (Lipinski definition) is 1. The number of rotatable bonds is 6. The van der Waals surface area contributed by atoms with Crippen molar-refractivity contribution in [2.24, 2.45) is 0 Å². The molecule has 8 heteroatoms. The first-order valence-corrected chi connectivity index (χ1v) is 9.71. The molecule has 6 nitrogen and oxygen atoms in total. The van der Waals surface area contributed by atoms with Gasteiger partial charge < -0.3 is 9.50 Å². The van der Waals surface area contributed by atoms with Gasteiger partial charge in [-0.05, 0) is 29.8 Å². The van der Waals surface area contributed by atoms with Crippen molar-refractivity contribution in [2.75, 3.05) is 0 Å². The molecule has 0 radical (unpaired) electrons. The van der Waals surface area contributed by atoms with Crippen LogP contribution in [0.1, 0.15) is 15.9 Å². The Morgan fingerprint density at radius 1 is 1.00 bits per heavy atom. The van der Waals surface area contributed by atoms with E-state index in [1.165, 1.54) is 24.3 Å². The number of aromatic nitrogens is 1. The summed E-state index contributed by atoms with van der Waals surface area (Å²) in [5.41, 5.74) is 1.03. The largest absolute Gasteiger partial charge is 0.378 e. The Morgan fingerprint density at radius 2 is 1.70 bits per heavy atom. The van der Waals surface area contributed by atoms with Crippen molar-refractivity contribution in [3.63, 3.8) is 0 Å². The van der Waals surface area contributed by atoms with Crippen LogP contribution < -0.4 is 9.50 Å². The van der Waals surface area contributed by atoms with Gasteiger partial charge >= 0.3 is 10.1 Å². The number of benzene rings is 2. The predicted molar refractivity (Wildman–Crippen MR) is 101 cm³/mol. The lowest BCUT2D eigenvalue weighted by Crippen LogP contribution is -2.24. The van der Waals surface area contributed by atoms with E-state index in [2.05, 4.69) is 10.3 Å². The third kappa shape index (κ3) is 4.84. The molecular weight excluding hydrogens is 388 g/mol. The zero-order valence-electron chi connectivity index (χ0n) is 14.0. The van der Waals surface area contributed by atoms with Crippen molar-refractivity contribution in [1.82, 2.24) is 10.3 Å². The second-order valence-electron chi connectivity index (χ2n) is 5.52. The van der Waals surface area contributed by atoms with Gasteiger partial charge in [-0.3, -0.25) is 4.79 Å². The zero-order chi connectivity index (χ0) is 19.3. The Morgan fingerprint density at radius 3 is 2.41 bits per heavy atom. The van der Waals surface area contributed by atoms with E-state index in [4.69, 9.17) is 15.8 Å². The number of pyridine rings is 1. The smallest absolute Gasteiger partial charge is 0.340 e. The van der Waals surface area contributed by atoms with Crippen molar-refractivity contribution in [2.45, 2.75) is 11.4 Å². The van der Waals surface area contributed by atoms with Gasteiger partial charge in [0.05, 0.1) is 11.8 Å². The molecule has 0 atom stereocenters.